The quantitative estimate of drug-likeness (QED) is 0.669. The number of nitrogens with zero attached hydrogens (tertiary/aromatic N) is 1. The maximum absolute atomic E-state index is 13.0. The van der Waals surface area contributed by atoms with Crippen LogP contribution in [-0.4, -0.2) is 26.1 Å². The van der Waals surface area contributed by atoms with E-state index in [0.717, 1.165) is 18.2 Å². The van der Waals surface area contributed by atoms with Crippen molar-refractivity contribution in [3.8, 4) is 6.07 Å². The molecule has 0 heterocycles. The van der Waals surface area contributed by atoms with E-state index in [2.05, 4.69) is 5.32 Å². The first-order valence-electron chi connectivity index (χ1n) is 6.70. The molecule has 5 nitrogen and oxygen atoms in total. The van der Waals surface area contributed by atoms with Gasteiger partial charge in [0, 0.05) is 5.92 Å². The molecule has 0 radical (unpaired) electrons. The second-order valence-corrected chi connectivity index (χ2v) is 7.73. The van der Waals surface area contributed by atoms with Gasteiger partial charge in [-0.1, -0.05) is 11.6 Å². The Balaban J connectivity index is 2.15. The zero-order chi connectivity index (χ0) is 16.3. The van der Waals surface area contributed by atoms with Crippen LogP contribution in [0.25, 0.3) is 0 Å². The second-order valence-electron chi connectivity index (χ2n) is 5.13. The summed E-state index contributed by atoms with van der Waals surface area (Å²) in [5.74, 6) is -1.36. The molecule has 0 spiro atoms. The van der Waals surface area contributed by atoms with E-state index in [1.54, 1.807) is 6.07 Å². The van der Waals surface area contributed by atoms with Gasteiger partial charge in [-0.15, -0.1) is 0 Å². The summed E-state index contributed by atoms with van der Waals surface area (Å²) in [4.78, 5) is 11.7. The fraction of sp³-hybridized carbons (Fsp3) is 0.429. The Labute approximate surface area is 133 Å². The van der Waals surface area contributed by atoms with E-state index in [1.807, 2.05) is 0 Å². The van der Waals surface area contributed by atoms with Crippen molar-refractivity contribution in [2.24, 2.45) is 5.92 Å². The summed E-state index contributed by atoms with van der Waals surface area (Å²) in [5.41, 5.74) is 0. The van der Waals surface area contributed by atoms with Gasteiger partial charge in [0.1, 0.15) is 12.4 Å². The molecule has 22 heavy (non-hydrogen) atoms. The van der Waals surface area contributed by atoms with Crippen LogP contribution in [0.3, 0.4) is 0 Å². The minimum atomic E-state index is -3.72. The van der Waals surface area contributed by atoms with Gasteiger partial charge in [-0.05, 0) is 37.5 Å². The van der Waals surface area contributed by atoms with Gasteiger partial charge >= 0.3 is 0 Å². The molecular formula is C14H14ClFN2O3S. The van der Waals surface area contributed by atoms with Crippen molar-refractivity contribution >= 4 is 27.3 Å². The van der Waals surface area contributed by atoms with Crippen LogP contribution in [0, 0.1) is 23.1 Å². The number of halogens is 2. The van der Waals surface area contributed by atoms with Crippen molar-refractivity contribution in [3.63, 3.8) is 0 Å². The summed E-state index contributed by atoms with van der Waals surface area (Å²) in [5, 5.41) is 9.99. The third kappa shape index (κ3) is 3.39. The van der Waals surface area contributed by atoms with Crippen LogP contribution in [0.1, 0.15) is 19.3 Å². The van der Waals surface area contributed by atoms with Crippen LogP contribution in [0.5, 0.6) is 0 Å². The molecule has 1 aliphatic carbocycles. The normalized spacial score (nSPS) is 21.3. The fourth-order valence-electron chi connectivity index (χ4n) is 2.62. The molecule has 118 valence electrons. The number of rotatable bonds is 4. The fourth-order valence-corrected chi connectivity index (χ4v) is 4.99. The molecule has 2 rings (SSSR count). The Hall–Kier alpha value is -1.65. The lowest BCUT2D eigenvalue weighted by Crippen LogP contribution is -2.30. The number of nitriles is 1. The molecule has 2 unspecified atom stereocenters. The highest BCUT2D eigenvalue weighted by molar-refractivity contribution is 7.92. The number of nitrogens with one attached hydrogen (secondary N) is 1. The highest BCUT2D eigenvalue weighted by Gasteiger charge is 2.38. The summed E-state index contributed by atoms with van der Waals surface area (Å²) in [6.45, 7) is -0.101. The van der Waals surface area contributed by atoms with Gasteiger partial charge in [-0.25, -0.2) is 12.8 Å². The van der Waals surface area contributed by atoms with Crippen LogP contribution >= 0.6 is 11.6 Å². The number of sulfone groups is 1. The summed E-state index contributed by atoms with van der Waals surface area (Å²) >= 11 is 5.83. The van der Waals surface area contributed by atoms with Crippen LogP contribution in [0.15, 0.2) is 23.1 Å². The summed E-state index contributed by atoms with van der Waals surface area (Å²) in [6.07, 6.45) is 0.938. The first-order valence-corrected chi connectivity index (χ1v) is 8.62. The molecule has 8 heteroatoms. The Morgan fingerprint density at radius 2 is 2.18 bits per heavy atom. The van der Waals surface area contributed by atoms with Crippen molar-refractivity contribution < 1.29 is 17.6 Å². The molecule has 1 aromatic rings. The zero-order valence-electron chi connectivity index (χ0n) is 11.6. The molecule has 1 amide bonds. The van der Waals surface area contributed by atoms with Crippen molar-refractivity contribution in [3.05, 3.63) is 29.0 Å². The predicted molar refractivity (Wildman–Crippen MR) is 78.3 cm³/mol. The van der Waals surface area contributed by atoms with Gasteiger partial charge in [0.2, 0.25) is 5.91 Å². The highest BCUT2D eigenvalue weighted by Crippen LogP contribution is 2.36. The number of carbonyl (C=O) groups excluding carboxylic acids is 1. The lowest BCUT2D eigenvalue weighted by molar-refractivity contribution is -0.124. The predicted octanol–water partition coefficient (Wildman–Crippen LogP) is 2.06. The molecule has 1 fully saturated rings. The lowest BCUT2D eigenvalue weighted by Gasteiger charge is -2.13. The molecular weight excluding hydrogens is 331 g/mol. The van der Waals surface area contributed by atoms with Crippen molar-refractivity contribution in [1.29, 1.82) is 5.26 Å². The average molecular weight is 345 g/mol. The van der Waals surface area contributed by atoms with Crippen LogP contribution in [-0.2, 0) is 14.6 Å². The monoisotopic (exact) mass is 344 g/mol. The minimum Gasteiger partial charge on any atom is -0.343 e. The molecule has 0 saturated heterocycles. The van der Waals surface area contributed by atoms with Gasteiger partial charge in [-0.3, -0.25) is 4.79 Å². The molecule has 0 aromatic heterocycles. The van der Waals surface area contributed by atoms with E-state index in [1.165, 1.54) is 0 Å². The second kappa shape index (κ2) is 6.63. The van der Waals surface area contributed by atoms with Crippen molar-refractivity contribution in [2.45, 2.75) is 29.4 Å². The maximum Gasteiger partial charge on any atom is 0.223 e. The van der Waals surface area contributed by atoms with Crippen molar-refractivity contribution in [2.75, 3.05) is 6.54 Å². The van der Waals surface area contributed by atoms with E-state index in [-0.39, 0.29) is 28.8 Å². The highest BCUT2D eigenvalue weighted by atomic mass is 35.5. The van der Waals surface area contributed by atoms with Crippen molar-refractivity contribution in [1.82, 2.24) is 5.32 Å². The third-order valence-corrected chi connectivity index (χ3v) is 6.44. The molecule has 1 saturated carbocycles. The van der Waals surface area contributed by atoms with Crippen LogP contribution in [0.4, 0.5) is 4.39 Å². The molecule has 1 aromatic carbocycles. The minimum absolute atomic E-state index is 0.101. The van der Waals surface area contributed by atoms with Crippen LogP contribution in [0.2, 0.25) is 5.02 Å². The molecule has 1 aliphatic rings. The number of hydrogen-bond acceptors (Lipinski definition) is 4. The van der Waals surface area contributed by atoms with Gasteiger partial charge in [-0.2, -0.15) is 5.26 Å². The summed E-state index contributed by atoms with van der Waals surface area (Å²) in [6, 6.07) is 4.95. The van der Waals surface area contributed by atoms with Crippen LogP contribution < -0.4 is 5.32 Å². The maximum atomic E-state index is 13.0. The third-order valence-electron chi connectivity index (χ3n) is 3.74. The lowest BCUT2D eigenvalue weighted by atomic mass is 10.1. The van der Waals surface area contributed by atoms with Gasteiger partial charge in [0.25, 0.3) is 0 Å². The SMILES string of the molecule is N#CCNC(=O)C1CCC(S(=O)(=O)c2ccc(F)cc2Cl)C1. The number of benzene rings is 1. The van der Waals surface area contributed by atoms with Gasteiger partial charge in [0.15, 0.2) is 9.84 Å². The first kappa shape index (κ1) is 16.7. The van der Waals surface area contributed by atoms with Gasteiger partial charge in [0.05, 0.1) is 21.2 Å². The van der Waals surface area contributed by atoms with E-state index >= 15 is 0 Å². The topological polar surface area (TPSA) is 87.0 Å². The zero-order valence-corrected chi connectivity index (χ0v) is 13.1. The number of hydrogen-bond donors (Lipinski definition) is 1. The summed E-state index contributed by atoms with van der Waals surface area (Å²) < 4.78 is 38.2. The van der Waals surface area contributed by atoms with E-state index in [0.29, 0.717) is 12.8 Å². The largest absolute Gasteiger partial charge is 0.343 e. The standard InChI is InChI=1S/C14H14ClFN2O3S/c15-12-8-10(16)2-4-13(12)22(20,21)11-3-1-9(7-11)14(19)18-6-5-17/h2,4,8-9,11H,1,3,6-7H2,(H,18,19). The Kier molecular flexibility index (Phi) is 5.04. The number of amides is 1. The van der Waals surface area contributed by atoms with E-state index in [4.69, 9.17) is 16.9 Å². The summed E-state index contributed by atoms with van der Waals surface area (Å²) in [7, 11) is -3.72. The average Bonchev–Trinajstić information content (AvgIpc) is 2.95. The van der Waals surface area contributed by atoms with Gasteiger partial charge < -0.3 is 5.32 Å². The number of carbonyl (C=O) groups is 1. The molecule has 2 atom stereocenters. The Morgan fingerprint density at radius 1 is 1.45 bits per heavy atom. The van der Waals surface area contributed by atoms with E-state index in [9.17, 15) is 17.6 Å². The molecule has 1 N–H and O–H groups in total. The Morgan fingerprint density at radius 3 is 2.82 bits per heavy atom. The first-order chi connectivity index (χ1) is 10.4. The Bertz CT molecular complexity index is 730. The molecule has 0 aliphatic heterocycles. The van der Waals surface area contributed by atoms with E-state index < -0.39 is 26.8 Å². The smallest absolute Gasteiger partial charge is 0.223 e. The molecule has 0 bridgehead atoms.